The average molecular weight is 308 g/mol. The van der Waals surface area contributed by atoms with Crippen LogP contribution in [0.5, 0.6) is 0 Å². The van der Waals surface area contributed by atoms with Crippen LogP contribution in [0.3, 0.4) is 0 Å². The van der Waals surface area contributed by atoms with E-state index in [1.54, 1.807) is 11.6 Å². The van der Waals surface area contributed by atoms with E-state index in [-0.39, 0.29) is 16.6 Å². The third-order valence-electron chi connectivity index (χ3n) is 1.68. The maximum atomic E-state index is 12.7. The number of hydrogen-bond donors (Lipinski definition) is 2. The van der Waals surface area contributed by atoms with Crippen molar-refractivity contribution in [3.63, 3.8) is 0 Å². The number of halogens is 3. The Morgan fingerprint density at radius 1 is 1.59 bits per heavy atom. The van der Waals surface area contributed by atoms with E-state index in [2.05, 4.69) is 4.98 Å². The van der Waals surface area contributed by atoms with E-state index < -0.39 is 29.0 Å². The Morgan fingerprint density at radius 3 is 2.59 bits per heavy atom. The minimum atomic E-state index is -3.91. The summed E-state index contributed by atoms with van der Waals surface area (Å²) >= 11 is 0.915. The van der Waals surface area contributed by atoms with Crippen LogP contribution in [0.2, 0.25) is 0 Å². The number of nitrogens with one attached hydrogen (secondary N) is 1. The average Bonchev–Trinajstić information content (AvgIpc) is 2.63. The molecule has 0 aliphatic rings. The fraction of sp³-hybridized carbons (Fsp3) is 0.571. The number of hydrogen-bond acceptors (Lipinski definition) is 5. The van der Waals surface area contributed by atoms with Crippen molar-refractivity contribution in [1.82, 2.24) is 9.71 Å². The van der Waals surface area contributed by atoms with Crippen LogP contribution in [-0.4, -0.2) is 32.4 Å². The van der Waals surface area contributed by atoms with Gasteiger partial charge in [0.25, 0.3) is 15.9 Å². The molecule has 1 aromatic rings. The SMILES string of the molecule is Cc1ncc(S(=O)(=O)NCC(F)(F)CN)s1.Cl. The predicted molar refractivity (Wildman–Crippen MR) is 63.3 cm³/mol. The number of rotatable bonds is 5. The van der Waals surface area contributed by atoms with Crippen LogP contribution in [0.25, 0.3) is 0 Å². The molecule has 0 saturated carbocycles. The van der Waals surface area contributed by atoms with Crippen LogP contribution >= 0.6 is 23.7 Å². The van der Waals surface area contributed by atoms with E-state index in [1.165, 1.54) is 0 Å². The van der Waals surface area contributed by atoms with Gasteiger partial charge in [0.2, 0.25) is 0 Å². The quantitative estimate of drug-likeness (QED) is 0.840. The number of alkyl halides is 2. The zero-order valence-corrected chi connectivity index (χ0v) is 11.3. The molecule has 0 saturated heterocycles. The van der Waals surface area contributed by atoms with Crippen molar-refractivity contribution in [2.24, 2.45) is 5.73 Å². The molecule has 0 aliphatic carbocycles. The lowest BCUT2D eigenvalue weighted by molar-refractivity contribution is 0.0170. The van der Waals surface area contributed by atoms with Gasteiger partial charge < -0.3 is 5.73 Å². The highest BCUT2D eigenvalue weighted by atomic mass is 35.5. The molecule has 17 heavy (non-hydrogen) atoms. The van der Waals surface area contributed by atoms with Crippen molar-refractivity contribution in [3.8, 4) is 0 Å². The lowest BCUT2D eigenvalue weighted by atomic mass is 10.3. The summed E-state index contributed by atoms with van der Waals surface area (Å²) in [5.41, 5.74) is 4.78. The van der Waals surface area contributed by atoms with Crippen LogP contribution in [-0.2, 0) is 10.0 Å². The molecule has 1 heterocycles. The maximum Gasteiger partial charge on any atom is 0.273 e. The normalized spacial score (nSPS) is 12.2. The molecule has 0 spiro atoms. The summed E-state index contributed by atoms with van der Waals surface area (Å²) in [5, 5.41) is 0.547. The third kappa shape index (κ3) is 4.80. The molecular formula is C7H12ClF2N3O2S2. The van der Waals surface area contributed by atoms with Crippen LogP contribution < -0.4 is 10.5 Å². The van der Waals surface area contributed by atoms with Crippen molar-refractivity contribution in [2.45, 2.75) is 17.1 Å². The van der Waals surface area contributed by atoms with Gasteiger partial charge in [-0.05, 0) is 6.92 Å². The zero-order chi connectivity index (χ0) is 12.4. The van der Waals surface area contributed by atoms with Gasteiger partial charge in [0.1, 0.15) is 0 Å². The summed E-state index contributed by atoms with van der Waals surface area (Å²) < 4.78 is 50.2. The molecule has 1 rings (SSSR count). The van der Waals surface area contributed by atoms with Gasteiger partial charge in [0, 0.05) is 0 Å². The van der Waals surface area contributed by atoms with Gasteiger partial charge in [-0.2, -0.15) is 0 Å². The molecule has 3 N–H and O–H groups in total. The second-order valence-electron chi connectivity index (χ2n) is 3.08. The maximum absolute atomic E-state index is 12.7. The minimum absolute atomic E-state index is 0. The lowest BCUT2D eigenvalue weighted by Crippen LogP contribution is -2.41. The molecule has 0 aromatic carbocycles. The summed E-state index contributed by atoms with van der Waals surface area (Å²) in [6, 6.07) is 0. The summed E-state index contributed by atoms with van der Waals surface area (Å²) in [6.07, 6.45) is 1.13. The zero-order valence-electron chi connectivity index (χ0n) is 8.81. The standard InChI is InChI=1S/C7H11F2N3O2S2.ClH/c1-5-11-2-6(15-5)16(13,14)12-4-7(8,9)3-10;/h2,12H,3-4,10H2,1H3;1H. The molecule has 0 fully saturated rings. The van der Waals surface area contributed by atoms with Gasteiger partial charge in [0.15, 0.2) is 4.21 Å². The highest BCUT2D eigenvalue weighted by molar-refractivity contribution is 7.91. The van der Waals surface area contributed by atoms with Gasteiger partial charge >= 0.3 is 0 Å². The molecule has 10 heteroatoms. The first-order chi connectivity index (χ1) is 7.27. The highest BCUT2D eigenvalue weighted by Crippen LogP contribution is 2.18. The van der Waals surface area contributed by atoms with Crippen LogP contribution in [0.1, 0.15) is 5.01 Å². The topological polar surface area (TPSA) is 85.1 Å². The van der Waals surface area contributed by atoms with Gasteiger partial charge in [-0.15, -0.1) is 23.7 Å². The van der Waals surface area contributed by atoms with Gasteiger partial charge in [0.05, 0.1) is 24.3 Å². The fourth-order valence-electron chi connectivity index (χ4n) is 0.810. The smallest absolute Gasteiger partial charge is 0.273 e. The first-order valence-electron chi connectivity index (χ1n) is 4.27. The molecule has 0 radical (unpaired) electrons. The molecule has 0 unspecified atom stereocenters. The number of thiazole rings is 1. The number of nitrogens with zero attached hydrogens (tertiary/aromatic N) is 1. The Kier molecular flexibility index (Phi) is 5.88. The van der Waals surface area contributed by atoms with Crippen molar-refractivity contribution >= 4 is 33.8 Å². The fourth-order valence-corrected chi connectivity index (χ4v) is 3.02. The van der Waals surface area contributed by atoms with E-state index >= 15 is 0 Å². The van der Waals surface area contributed by atoms with Crippen LogP contribution in [0.15, 0.2) is 10.4 Å². The van der Waals surface area contributed by atoms with Crippen LogP contribution in [0, 0.1) is 6.92 Å². The highest BCUT2D eigenvalue weighted by Gasteiger charge is 2.29. The van der Waals surface area contributed by atoms with E-state index in [9.17, 15) is 17.2 Å². The van der Waals surface area contributed by atoms with E-state index in [1.807, 2.05) is 0 Å². The monoisotopic (exact) mass is 307 g/mol. The minimum Gasteiger partial charge on any atom is -0.325 e. The van der Waals surface area contributed by atoms with Gasteiger partial charge in [-0.3, -0.25) is 0 Å². The molecule has 0 atom stereocenters. The molecule has 0 bridgehead atoms. The lowest BCUT2D eigenvalue weighted by Gasteiger charge is -2.13. The largest absolute Gasteiger partial charge is 0.325 e. The van der Waals surface area contributed by atoms with Crippen molar-refractivity contribution < 1.29 is 17.2 Å². The second kappa shape index (κ2) is 6.01. The third-order valence-corrected chi connectivity index (χ3v) is 4.46. The predicted octanol–water partition coefficient (Wildman–Crippen LogP) is 0.746. The van der Waals surface area contributed by atoms with E-state index in [0.717, 1.165) is 17.5 Å². The molecule has 100 valence electrons. The summed E-state index contributed by atoms with van der Waals surface area (Å²) in [4.78, 5) is 3.73. The van der Waals surface area contributed by atoms with E-state index in [4.69, 9.17) is 5.73 Å². The first-order valence-corrected chi connectivity index (χ1v) is 6.57. The summed E-state index contributed by atoms with van der Waals surface area (Å²) in [5.74, 6) is -3.24. The van der Waals surface area contributed by atoms with Crippen LogP contribution in [0.4, 0.5) is 8.78 Å². The Bertz CT molecular complexity index is 463. The van der Waals surface area contributed by atoms with Gasteiger partial charge in [-0.1, -0.05) is 0 Å². The Hall–Kier alpha value is -0.350. The molecule has 0 aliphatic heterocycles. The molecule has 0 amide bonds. The summed E-state index contributed by atoms with van der Waals surface area (Å²) in [6.45, 7) is -0.293. The number of aryl methyl sites for hydroxylation is 1. The van der Waals surface area contributed by atoms with E-state index in [0.29, 0.717) is 5.01 Å². The number of sulfonamides is 1. The molecular weight excluding hydrogens is 296 g/mol. The summed E-state index contributed by atoms with van der Waals surface area (Å²) in [7, 11) is -3.91. The Labute approximate surface area is 108 Å². The van der Waals surface area contributed by atoms with Crippen molar-refractivity contribution in [1.29, 1.82) is 0 Å². The molecule has 1 aromatic heterocycles. The molecule has 5 nitrogen and oxygen atoms in total. The number of aromatic nitrogens is 1. The van der Waals surface area contributed by atoms with Gasteiger partial charge in [-0.25, -0.2) is 26.9 Å². The van der Waals surface area contributed by atoms with Crippen molar-refractivity contribution in [2.75, 3.05) is 13.1 Å². The second-order valence-corrected chi connectivity index (χ2v) is 6.31. The number of nitrogens with two attached hydrogens (primary N) is 1. The Morgan fingerprint density at radius 2 is 2.18 bits per heavy atom. The van der Waals surface area contributed by atoms with Crippen molar-refractivity contribution in [3.05, 3.63) is 11.2 Å². The Balaban J connectivity index is 0.00000256. The first kappa shape index (κ1) is 16.6.